The maximum absolute atomic E-state index is 13.1. The summed E-state index contributed by atoms with van der Waals surface area (Å²) in [5, 5.41) is 5.14. The highest BCUT2D eigenvalue weighted by atomic mass is 16.2. The van der Waals surface area contributed by atoms with Gasteiger partial charge >= 0.3 is 0 Å². The van der Waals surface area contributed by atoms with Crippen LogP contribution in [0, 0.1) is 5.92 Å². The van der Waals surface area contributed by atoms with E-state index in [0.717, 1.165) is 40.3 Å². The molecule has 3 aromatic carbocycles. The number of aryl methyl sites for hydroxylation is 1. The molecule has 0 atom stereocenters. The number of aromatic nitrogens is 2. The third kappa shape index (κ3) is 4.46. The molecule has 1 N–H and O–H groups in total. The van der Waals surface area contributed by atoms with Gasteiger partial charge in [0, 0.05) is 37.7 Å². The Labute approximate surface area is 193 Å². The van der Waals surface area contributed by atoms with Gasteiger partial charge in [-0.05, 0) is 48.2 Å². The van der Waals surface area contributed by atoms with Crippen LogP contribution in [-0.4, -0.2) is 45.9 Å². The van der Waals surface area contributed by atoms with Crippen molar-refractivity contribution in [2.24, 2.45) is 5.92 Å². The van der Waals surface area contributed by atoms with Crippen molar-refractivity contribution in [3.63, 3.8) is 0 Å². The molecule has 5 rings (SSSR count). The number of nitrogens with zero attached hydrogens (tertiary/aromatic N) is 3. The molecule has 2 heterocycles. The fraction of sp³-hybridized carbons (Fsp3) is 0.296. The summed E-state index contributed by atoms with van der Waals surface area (Å²) in [5.41, 5.74) is 2.85. The Hall–Kier alpha value is -3.67. The van der Waals surface area contributed by atoms with Crippen molar-refractivity contribution in [1.82, 2.24) is 19.8 Å². The molecule has 6 nitrogen and oxygen atoms in total. The second kappa shape index (κ2) is 9.45. The van der Waals surface area contributed by atoms with Gasteiger partial charge in [0.05, 0.1) is 17.4 Å². The Morgan fingerprint density at radius 1 is 0.939 bits per heavy atom. The minimum atomic E-state index is -0.0318. The first-order valence-corrected chi connectivity index (χ1v) is 11.7. The van der Waals surface area contributed by atoms with Crippen molar-refractivity contribution in [3.05, 3.63) is 78.6 Å². The maximum atomic E-state index is 13.1. The molecule has 1 fully saturated rings. The van der Waals surface area contributed by atoms with E-state index in [1.165, 1.54) is 0 Å². The van der Waals surface area contributed by atoms with E-state index in [2.05, 4.69) is 20.9 Å². The van der Waals surface area contributed by atoms with Crippen LogP contribution in [0.4, 0.5) is 0 Å². The van der Waals surface area contributed by atoms with E-state index in [9.17, 15) is 9.59 Å². The lowest BCUT2D eigenvalue weighted by Gasteiger charge is -2.31. The van der Waals surface area contributed by atoms with Gasteiger partial charge in [0.2, 0.25) is 5.91 Å². The highest BCUT2D eigenvalue weighted by Crippen LogP contribution is 2.23. The average molecular weight is 441 g/mol. The molecule has 1 aliphatic heterocycles. The number of para-hydroxylation sites is 2. The minimum Gasteiger partial charge on any atom is -0.356 e. The molecule has 0 spiro atoms. The zero-order valence-electron chi connectivity index (χ0n) is 18.6. The number of carbonyl (C=O) groups excluding carboxylic acids is 2. The third-order valence-corrected chi connectivity index (χ3v) is 6.58. The zero-order valence-corrected chi connectivity index (χ0v) is 18.6. The summed E-state index contributed by atoms with van der Waals surface area (Å²) < 4.78 is 2.12. The van der Waals surface area contributed by atoms with Gasteiger partial charge in [0.25, 0.3) is 5.91 Å². The number of fused-ring (bicyclic) bond motifs is 2. The number of hydrogen-bond donors (Lipinski definition) is 1. The Balaban J connectivity index is 1.10. The molecule has 0 aliphatic carbocycles. The number of likely N-dealkylation sites (tertiary alicyclic amines) is 1. The van der Waals surface area contributed by atoms with Gasteiger partial charge in [-0.1, -0.05) is 48.5 Å². The predicted octanol–water partition coefficient (Wildman–Crippen LogP) is 4.25. The van der Waals surface area contributed by atoms with Crippen LogP contribution >= 0.6 is 0 Å². The summed E-state index contributed by atoms with van der Waals surface area (Å²) in [6.45, 7) is 2.68. The van der Waals surface area contributed by atoms with Crippen molar-refractivity contribution in [2.45, 2.75) is 25.8 Å². The first-order chi connectivity index (χ1) is 16.2. The molecule has 0 unspecified atom stereocenters. The fourth-order valence-corrected chi connectivity index (χ4v) is 4.72. The van der Waals surface area contributed by atoms with Crippen molar-refractivity contribution >= 4 is 33.6 Å². The highest BCUT2D eigenvalue weighted by Gasteiger charge is 2.28. The number of piperidine rings is 1. The van der Waals surface area contributed by atoms with Gasteiger partial charge in [-0.25, -0.2) is 4.98 Å². The van der Waals surface area contributed by atoms with E-state index < -0.39 is 0 Å². The number of amides is 2. The molecule has 1 saturated heterocycles. The van der Waals surface area contributed by atoms with Crippen LogP contribution in [0.25, 0.3) is 21.8 Å². The van der Waals surface area contributed by atoms with E-state index in [4.69, 9.17) is 0 Å². The van der Waals surface area contributed by atoms with E-state index >= 15 is 0 Å². The van der Waals surface area contributed by atoms with E-state index in [1.807, 2.05) is 71.9 Å². The topological polar surface area (TPSA) is 67.2 Å². The van der Waals surface area contributed by atoms with Crippen LogP contribution in [0.5, 0.6) is 0 Å². The molecule has 6 heteroatoms. The van der Waals surface area contributed by atoms with Crippen LogP contribution in [0.3, 0.4) is 0 Å². The summed E-state index contributed by atoms with van der Waals surface area (Å²) in [6, 6.07) is 21.9. The zero-order chi connectivity index (χ0) is 22.6. The lowest BCUT2D eigenvalue weighted by Crippen LogP contribution is -2.43. The summed E-state index contributed by atoms with van der Waals surface area (Å²) >= 11 is 0. The fourth-order valence-electron chi connectivity index (χ4n) is 4.72. The number of imidazole rings is 1. The van der Waals surface area contributed by atoms with Gasteiger partial charge in [-0.2, -0.15) is 0 Å². The van der Waals surface area contributed by atoms with Crippen LogP contribution in [-0.2, 0) is 11.3 Å². The Morgan fingerprint density at radius 3 is 2.58 bits per heavy atom. The normalized spacial score (nSPS) is 14.6. The summed E-state index contributed by atoms with van der Waals surface area (Å²) in [7, 11) is 0. The molecular weight excluding hydrogens is 412 g/mol. The average Bonchev–Trinajstić information content (AvgIpc) is 3.29. The van der Waals surface area contributed by atoms with Crippen molar-refractivity contribution < 1.29 is 9.59 Å². The Kier molecular flexibility index (Phi) is 6.07. The number of carbonyl (C=O) groups is 2. The molecule has 0 radical (unpaired) electrons. The molecule has 4 aromatic rings. The molecule has 0 saturated carbocycles. The van der Waals surface area contributed by atoms with Gasteiger partial charge < -0.3 is 14.8 Å². The Morgan fingerprint density at radius 2 is 1.70 bits per heavy atom. The molecule has 1 aromatic heterocycles. The summed E-state index contributed by atoms with van der Waals surface area (Å²) in [5.74, 6) is 0.122. The molecular formula is C27H28N4O2. The number of benzene rings is 3. The first kappa shape index (κ1) is 21.2. The number of rotatable bonds is 6. The molecule has 168 valence electrons. The SMILES string of the molecule is O=C(NCCCn1cnc2ccccc21)C1CCN(C(=O)c2cccc3ccccc23)CC1. The second-order valence-electron chi connectivity index (χ2n) is 8.66. The van der Waals surface area contributed by atoms with Crippen molar-refractivity contribution in [3.8, 4) is 0 Å². The van der Waals surface area contributed by atoms with E-state index in [0.29, 0.717) is 32.5 Å². The smallest absolute Gasteiger partial charge is 0.254 e. The third-order valence-electron chi connectivity index (χ3n) is 6.58. The second-order valence-corrected chi connectivity index (χ2v) is 8.66. The molecule has 1 aliphatic rings. The quantitative estimate of drug-likeness (QED) is 0.456. The minimum absolute atomic E-state index is 0.0318. The molecule has 2 amide bonds. The summed E-state index contributed by atoms with van der Waals surface area (Å²) in [6.07, 6.45) is 4.11. The highest BCUT2D eigenvalue weighted by molar-refractivity contribution is 6.07. The van der Waals surface area contributed by atoms with E-state index in [-0.39, 0.29) is 17.7 Å². The lowest BCUT2D eigenvalue weighted by molar-refractivity contribution is -0.126. The van der Waals surface area contributed by atoms with Crippen molar-refractivity contribution in [1.29, 1.82) is 0 Å². The molecule has 0 bridgehead atoms. The first-order valence-electron chi connectivity index (χ1n) is 11.7. The molecule has 33 heavy (non-hydrogen) atoms. The number of hydrogen-bond acceptors (Lipinski definition) is 3. The van der Waals surface area contributed by atoms with Crippen LogP contribution in [0.1, 0.15) is 29.6 Å². The Bertz CT molecular complexity index is 1280. The van der Waals surface area contributed by atoms with Gasteiger partial charge in [0.15, 0.2) is 0 Å². The monoisotopic (exact) mass is 440 g/mol. The predicted molar refractivity (Wildman–Crippen MR) is 130 cm³/mol. The lowest BCUT2D eigenvalue weighted by atomic mass is 9.94. The van der Waals surface area contributed by atoms with Crippen molar-refractivity contribution in [2.75, 3.05) is 19.6 Å². The van der Waals surface area contributed by atoms with Gasteiger partial charge in [0.1, 0.15) is 0 Å². The van der Waals surface area contributed by atoms with Gasteiger partial charge in [-0.15, -0.1) is 0 Å². The van der Waals surface area contributed by atoms with Crippen LogP contribution in [0.15, 0.2) is 73.1 Å². The largest absolute Gasteiger partial charge is 0.356 e. The van der Waals surface area contributed by atoms with E-state index in [1.54, 1.807) is 0 Å². The van der Waals surface area contributed by atoms with Crippen LogP contribution in [0.2, 0.25) is 0 Å². The van der Waals surface area contributed by atoms with Crippen LogP contribution < -0.4 is 5.32 Å². The van der Waals surface area contributed by atoms with Gasteiger partial charge in [-0.3, -0.25) is 9.59 Å². The standard InChI is InChI=1S/C27H28N4O2/c32-26(28-15-6-16-31-19-29-24-11-3-4-12-25(24)31)21-13-17-30(18-14-21)27(33)23-10-5-8-20-7-1-2-9-22(20)23/h1-5,7-12,19,21H,6,13-18H2,(H,28,32). The number of nitrogens with one attached hydrogen (secondary N) is 1. The maximum Gasteiger partial charge on any atom is 0.254 e. The summed E-state index contributed by atoms with van der Waals surface area (Å²) in [4.78, 5) is 32.1.